The maximum absolute atomic E-state index is 6.70. The predicted octanol–water partition coefficient (Wildman–Crippen LogP) is 13.0. The minimum atomic E-state index is 0.484. The highest BCUT2D eigenvalue weighted by molar-refractivity contribution is 6.15. The van der Waals surface area contributed by atoms with Crippen LogP contribution >= 0.6 is 0 Å². The first kappa shape index (κ1) is 31.1. The molecule has 8 aromatic carbocycles. The molecular formula is C50H30N4O. The van der Waals surface area contributed by atoms with Crippen LogP contribution in [0, 0.1) is 0 Å². The summed E-state index contributed by atoms with van der Waals surface area (Å²) in [7, 11) is 0. The van der Waals surface area contributed by atoms with Gasteiger partial charge in [0.05, 0.1) is 5.39 Å². The van der Waals surface area contributed by atoms with Gasteiger partial charge in [0.25, 0.3) is 0 Å². The van der Waals surface area contributed by atoms with Gasteiger partial charge in [0, 0.05) is 28.3 Å². The lowest BCUT2D eigenvalue weighted by molar-refractivity contribution is 0.669. The molecule has 0 aliphatic heterocycles. The van der Waals surface area contributed by atoms with Gasteiger partial charge in [0.1, 0.15) is 16.9 Å². The van der Waals surface area contributed by atoms with E-state index in [4.69, 9.17) is 24.4 Å². The second kappa shape index (κ2) is 12.6. The molecule has 0 aliphatic carbocycles. The van der Waals surface area contributed by atoms with Crippen molar-refractivity contribution in [2.24, 2.45) is 0 Å². The first-order chi connectivity index (χ1) is 27.2. The Morgan fingerprint density at radius 1 is 0.364 bits per heavy atom. The van der Waals surface area contributed by atoms with Gasteiger partial charge in [0.15, 0.2) is 17.5 Å². The highest BCUT2D eigenvalue weighted by Crippen LogP contribution is 2.41. The number of nitrogens with zero attached hydrogens (tertiary/aromatic N) is 4. The van der Waals surface area contributed by atoms with E-state index >= 15 is 0 Å². The second-order valence-electron chi connectivity index (χ2n) is 13.8. The van der Waals surface area contributed by atoms with Crippen molar-refractivity contribution in [3.05, 3.63) is 182 Å². The van der Waals surface area contributed by atoms with Gasteiger partial charge in [-0.25, -0.2) is 15.0 Å². The van der Waals surface area contributed by atoms with Crippen molar-refractivity contribution >= 4 is 54.3 Å². The van der Waals surface area contributed by atoms with E-state index in [1.165, 1.54) is 37.9 Å². The van der Waals surface area contributed by atoms with Gasteiger partial charge in [-0.15, -0.1) is 0 Å². The number of aromatic nitrogens is 4. The molecule has 11 rings (SSSR count). The van der Waals surface area contributed by atoms with E-state index < -0.39 is 0 Å². The minimum absolute atomic E-state index is 0.484. The number of pyridine rings is 1. The quantitative estimate of drug-likeness (QED) is 0.167. The van der Waals surface area contributed by atoms with E-state index in [2.05, 4.69) is 140 Å². The number of para-hydroxylation sites is 1. The van der Waals surface area contributed by atoms with Gasteiger partial charge < -0.3 is 4.42 Å². The standard InChI is InChI=1S/C50H30N4O/c1-2-12-35(13-3-1)48-52-49(36-25-22-33(23-26-36)39-17-8-14-31-10-4-6-15-38(31)39)54-50(53-48)46-45-42-19-9-18-41(47(42)55-44(45)28-29-51-46)37-27-24-34-21-20-32-11-5-7-16-40(32)43(34)30-37/h1-30H. The van der Waals surface area contributed by atoms with E-state index in [0.29, 0.717) is 23.2 Å². The summed E-state index contributed by atoms with van der Waals surface area (Å²) in [4.78, 5) is 20.1. The van der Waals surface area contributed by atoms with Gasteiger partial charge in [-0.05, 0) is 61.1 Å². The average molecular weight is 703 g/mol. The van der Waals surface area contributed by atoms with Crippen LogP contribution < -0.4 is 0 Å². The maximum atomic E-state index is 6.70. The Kier molecular flexibility index (Phi) is 7.10. The highest BCUT2D eigenvalue weighted by Gasteiger charge is 2.21. The summed E-state index contributed by atoms with van der Waals surface area (Å²) in [6, 6.07) is 61.2. The van der Waals surface area contributed by atoms with E-state index in [9.17, 15) is 0 Å². The molecule has 0 saturated carbocycles. The lowest BCUT2D eigenvalue weighted by Gasteiger charge is -2.10. The molecule has 11 aromatic rings. The zero-order valence-corrected chi connectivity index (χ0v) is 29.5. The van der Waals surface area contributed by atoms with Gasteiger partial charge in [-0.3, -0.25) is 4.98 Å². The number of benzene rings is 8. The monoisotopic (exact) mass is 702 g/mol. The third kappa shape index (κ3) is 5.24. The van der Waals surface area contributed by atoms with E-state index in [1.54, 1.807) is 6.20 Å². The number of hydrogen-bond acceptors (Lipinski definition) is 5. The molecule has 0 amide bonds. The first-order valence-electron chi connectivity index (χ1n) is 18.4. The SMILES string of the molecule is c1ccc(-c2nc(-c3ccc(-c4cccc5ccccc45)cc3)nc(-c3nccc4oc5c(-c6ccc7ccc8ccccc8c7c6)cccc5c34)n2)cc1. The molecule has 5 heteroatoms. The lowest BCUT2D eigenvalue weighted by Crippen LogP contribution is -2.01. The zero-order chi connectivity index (χ0) is 36.3. The predicted molar refractivity (Wildman–Crippen MR) is 225 cm³/mol. The van der Waals surface area contributed by atoms with Gasteiger partial charge in [-0.2, -0.15) is 0 Å². The zero-order valence-electron chi connectivity index (χ0n) is 29.5. The second-order valence-corrected chi connectivity index (χ2v) is 13.8. The molecule has 0 N–H and O–H groups in total. The molecule has 0 atom stereocenters. The Morgan fingerprint density at radius 2 is 0.927 bits per heavy atom. The molecule has 3 aromatic heterocycles. The van der Waals surface area contributed by atoms with Crippen LogP contribution in [0.2, 0.25) is 0 Å². The fourth-order valence-corrected chi connectivity index (χ4v) is 7.91. The molecule has 55 heavy (non-hydrogen) atoms. The summed E-state index contributed by atoms with van der Waals surface area (Å²) < 4.78 is 6.70. The topological polar surface area (TPSA) is 64.7 Å². The largest absolute Gasteiger partial charge is 0.455 e. The van der Waals surface area contributed by atoms with Crippen molar-refractivity contribution in [2.75, 3.05) is 0 Å². The summed E-state index contributed by atoms with van der Waals surface area (Å²) in [5.74, 6) is 1.64. The highest BCUT2D eigenvalue weighted by atomic mass is 16.3. The van der Waals surface area contributed by atoms with Crippen LogP contribution in [0.1, 0.15) is 0 Å². The molecule has 3 heterocycles. The van der Waals surface area contributed by atoms with Gasteiger partial charge in [0.2, 0.25) is 0 Å². The molecule has 0 saturated heterocycles. The summed E-state index contributed by atoms with van der Waals surface area (Å²) in [5.41, 5.74) is 8.37. The minimum Gasteiger partial charge on any atom is -0.455 e. The van der Waals surface area contributed by atoms with Crippen molar-refractivity contribution in [2.45, 2.75) is 0 Å². The van der Waals surface area contributed by atoms with E-state index in [-0.39, 0.29) is 0 Å². The first-order valence-corrected chi connectivity index (χ1v) is 18.4. The fraction of sp³-hybridized carbons (Fsp3) is 0. The van der Waals surface area contributed by atoms with Gasteiger partial charge in [-0.1, -0.05) is 164 Å². The van der Waals surface area contributed by atoms with Crippen LogP contribution in [0.3, 0.4) is 0 Å². The Morgan fingerprint density at radius 3 is 1.75 bits per heavy atom. The molecule has 0 aliphatic rings. The summed E-state index contributed by atoms with van der Waals surface area (Å²) in [6.45, 7) is 0. The van der Waals surface area contributed by atoms with Crippen LogP contribution in [0.5, 0.6) is 0 Å². The normalized spacial score (nSPS) is 11.6. The van der Waals surface area contributed by atoms with Crippen LogP contribution in [0.25, 0.3) is 111 Å². The molecule has 256 valence electrons. The number of rotatable bonds is 5. The van der Waals surface area contributed by atoms with Crippen molar-refractivity contribution in [1.82, 2.24) is 19.9 Å². The third-order valence-corrected chi connectivity index (χ3v) is 10.6. The Balaban J connectivity index is 1.07. The number of furan rings is 1. The summed E-state index contributed by atoms with van der Waals surface area (Å²) in [5, 5.41) is 9.12. The van der Waals surface area contributed by atoms with Crippen LogP contribution in [0.4, 0.5) is 0 Å². The third-order valence-electron chi connectivity index (χ3n) is 10.6. The van der Waals surface area contributed by atoms with Crippen LogP contribution in [-0.4, -0.2) is 19.9 Å². The van der Waals surface area contributed by atoms with Gasteiger partial charge >= 0.3 is 0 Å². The molecule has 0 spiro atoms. The maximum Gasteiger partial charge on any atom is 0.183 e. The summed E-state index contributed by atoms with van der Waals surface area (Å²) >= 11 is 0. The van der Waals surface area contributed by atoms with E-state index in [0.717, 1.165) is 49.8 Å². The van der Waals surface area contributed by atoms with Crippen molar-refractivity contribution in [3.63, 3.8) is 0 Å². The number of fused-ring (bicyclic) bond motifs is 7. The Hall–Kier alpha value is -7.50. The lowest BCUT2D eigenvalue weighted by atomic mass is 9.96. The van der Waals surface area contributed by atoms with Crippen molar-refractivity contribution in [3.8, 4) is 56.5 Å². The molecule has 0 unspecified atom stereocenters. The van der Waals surface area contributed by atoms with Crippen LogP contribution in [0.15, 0.2) is 187 Å². The molecule has 0 bridgehead atoms. The number of hydrogen-bond donors (Lipinski definition) is 0. The Bertz CT molecular complexity index is 3250. The average Bonchev–Trinajstić information content (AvgIpc) is 3.65. The smallest absolute Gasteiger partial charge is 0.183 e. The summed E-state index contributed by atoms with van der Waals surface area (Å²) in [6.07, 6.45) is 1.77. The van der Waals surface area contributed by atoms with E-state index in [1.807, 2.05) is 36.4 Å². The molecule has 0 radical (unpaired) electrons. The fourth-order valence-electron chi connectivity index (χ4n) is 7.91. The molecule has 0 fully saturated rings. The molecule has 5 nitrogen and oxygen atoms in total. The van der Waals surface area contributed by atoms with Crippen molar-refractivity contribution < 1.29 is 4.42 Å². The van der Waals surface area contributed by atoms with Crippen molar-refractivity contribution in [1.29, 1.82) is 0 Å². The van der Waals surface area contributed by atoms with Crippen LogP contribution in [-0.2, 0) is 0 Å². The Labute approximate surface area is 316 Å². The molecular weight excluding hydrogens is 673 g/mol.